The number of aromatic carboxylic acids is 1. The Labute approximate surface area is 219 Å². The number of carboxylic acids is 1. The number of hydrogen-bond donors (Lipinski definition) is 2. The van der Waals surface area contributed by atoms with Crippen molar-refractivity contribution in [1.29, 1.82) is 0 Å². The first-order valence-corrected chi connectivity index (χ1v) is 13.3. The number of amides is 1. The van der Waals surface area contributed by atoms with Gasteiger partial charge >= 0.3 is 5.97 Å². The van der Waals surface area contributed by atoms with E-state index in [0.717, 1.165) is 36.7 Å². The average molecular weight is 509 g/mol. The molecule has 2 fully saturated rings. The lowest BCUT2D eigenvalue weighted by Crippen LogP contribution is -2.61. The molecule has 9 nitrogen and oxygen atoms in total. The van der Waals surface area contributed by atoms with E-state index in [1.807, 2.05) is 24.8 Å². The van der Waals surface area contributed by atoms with Crippen molar-refractivity contribution in [3.63, 3.8) is 0 Å². The summed E-state index contributed by atoms with van der Waals surface area (Å²) in [7, 11) is 0. The molecule has 0 atom stereocenters. The molecule has 1 saturated carbocycles. The summed E-state index contributed by atoms with van der Waals surface area (Å²) in [6.07, 6.45) is 5.93. The predicted molar refractivity (Wildman–Crippen MR) is 144 cm³/mol. The van der Waals surface area contributed by atoms with Crippen LogP contribution in [-0.2, 0) is 6.42 Å². The topological polar surface area (TPSA) is 112 Å². The molecular weight excluding hydrogens is 468 g/mol. The van der Waals surface area contributed by atoms with Crippen molar-refractivity contribution in [1.82, 2.24) is 19.9 Å². The summed E-state index contributed by atoms with van der Waals surface area (Å²) in [5, 5.41) is 12.9. The van der Waals surface area contributed by atoms with Gasteiger partial charge in [-0.05, 0) is 76.8 Å². The van der Waals surface area contributed by atoms with Gasteiger partial charge in [-0.1, -0.05) is 13.8 Å². The molecular formula is C28H40N6O3. The van der Waals surface area contributed by atoms with Gasteiger partial charge in [0.15, 0.2) is 0 Å². The molecule has 0 radical (unpaired) electrons. The molecule has 1 saturated heterocycles. The van der Waals surface area contributed by atoms with Crippen molar-refractivity contribution in [2.24, 2.45) is 11.8 Å². The lowest BCUT2D eigenvalue weighted by Gasteiger charge is -2.47. The molecule has 0 unspecified atom stereocenters. The summed E-state index contributed by atoms with van der Waals surface area (Å²) >= 11 is 0. The van der Waals surface area contributed by atoms with Crippen LogP contribution in [0.1, 0.15) is 84.8 Å². The Kier molecular flexibility index (Phi) is 7.71. The Morgan fingerprint density at radius 2 is 1.92 bits per heavy atom. The maximum absolute atomic E-state index is 13.7. The predicted octanol–water partition coefficient (Wildman–Crippen LogP) is 4.34. The molecule has 0 bridgehead atoms. The van der Waals surface area contributed by atoms with Crippen LogP contribution >= 0.6 is 0 Å². The van der Waals surface area contributed by atoms with Crippen molar-refractivity contribution in [3.05, 3.63) is 40.5 Å². The molecule has 1 aliphatic heterocycles. The van der Waals surface area contributed by atoms with Gasteiger partial charge in [0.25, 0.3) is 5.91 Å². The minimum absolute atomic E-state index is 0.107. The summed E-state index contributed by atoms with van der Waals surface area (Å²) in [5.41, 5.74) is 2.24. The highest BCUT2D eigenvalue weighted by atomic mass is 16.4. The van der Waals surface area contributed by atoms with E-state index in [1.54, 1.807) is 20.0 Å². The number of aromatic nitrogens is 3. The molecule has 2 aromatic rings. The first-order valence-electron chi connectivity index (χ1n) is 13.3. The number of rotatable bonds is 9. The number of anilines is 2. The van der Waals surface area contributed by atoms with Gasteiger partial charge in [0.1, 0.15) is 17.3 Å². The number of hydrogen-bond acceptors (Lipinski definition) is 7. The molecule has 9 heteroatoms. The first kappa shape index (κ1) is 26.8. The third-order valence-electron chi connectivity index (χ3n) is 7.33. The van der Waals surface area contributed by atoms with Gasteiger partial charge in [0.2, 0.25) is 0 Å². The van der Waals surface area contributed by atoms with Crippen molar-refractivity contribution >= 4 is 23.5 Å². The van der Waals surface area contributed by atoms with E-state index < -0.39 is 11.5 Å². The van der Waals surface area contributed by atoms with Gasteiger partial charge in [0, 0.05) is 26.2 Å². The Hall–Kier alpha value is -3.23. The van der Waals surface area contributed by atoms with Crippen LogP contribution in [0.2, 0.25) is 0 Å². The summed E-state index contributed by atoms with van der Waals surface area (Å²) in [4.78, 5) is 43.3. The second-order valence-corrected chi connectivity index (χ2v) is 11.6. The molecule has 1 amide bonds. The van der Waals surface area contributed by atoms with Crippen LogP contribution in [0.4, 0.5) is 11.6 Å². The number of nitrogens with zero attached hydrogens (tertiary/aromatic N) is 5. The van der Waals surface area contributed by atoms with Crippen LogP contribution < -0.4 is 10.2 Å². The summed E-state index contributed by atoms with van der Waals surface area (Å²) in [5.74, 6) is 1.71. The zero-order valence-corrected chi connectivity index (χ0v) is 23.0. The van der Waals surface area contributed by atoms with E-state index in [-0.39, 0.29) is 11.5 Å². The number of carbonyl (C=O) groups is 2. The fourth-order valence-electron chi connectivity index (χ4n) is 5.06. The average Bonchev–Trinajstić information content (AvgIpc) is 3.62. The maximum atomic E-state index is 13.7. The van der Waals surface area contributed by atoms with Gasteiger partial charge in [-0.3, -0.25) is 4.79 Å². The molecule has 2 N–H and O–H groups in total. The molecule has 37 heavy (non-hydrogen) atoms. The van der Waals surface area contributed by atoms with Crippen LogP contribution in [0, 0.1) is 25.7 Å². The smallest absolute Gasteiger partial charge is 0.337 e. The van der Waals surface area contributed by atoms with Crippen molar-refractivity contribution < 1.29 is 14.7 Å². The summed E-state index contributed by atoms with van der Waals surface area (Å²) in [6.45, 7) is 14.5. The van der Waals surface area contributed by atoms with Crippen LogP contribution in [0.25, 0.3) is 0 Å². The van der Waals surface area contributed by atoms with E-state index in [2.05, 4.69) is 34.0 Å². The third kappa shape index (κ3) is 6.19. The highest BCUT2D eigenvalue weighted by Gasteiger charge is 2.38. The first-order chi connectivity index (χ1) is 17.5. The number of carboxylic acid groups (broad SMARTS) is 1. The number of piperazine rings is 1. The molecule has 3 heterocycles. The monoisotopic (exact) mass is 508 g/mol. The highest BCUT2D eigenvalue weighted by Crippen LogP contribution is 2.34. The molecule has 2 aromatic heterocycles. The summed E-state index contributed by atoms with van der Waals surface area (Å²) in [6, 6.07) is 1.82. The van der Waals surface area contributed by atoms with Crippen molar-refractivity contribution in [3.8, 4) is 0 Å². The van der Waals surface area contributed by atoms with E-state index >= 15 is 0 Å². The van der Waals surface area contributed by atoms with Gasteiger partial charge in [-0.25, -0.2) is 19.7 Å². The number of aryl methyl sites for hydroxylation is 2. The molecule has 0 aromatic carbocycles. The third-order valence-corrected chi connectivity index (χ3v) is 7.33. The maximum Gasteiger partial charge on any atom is 0.337 e. The molecule has 1 aliphatic carbocycles. The normalized spacial score (nSPS) is 17.3. The second kappa shape index (κ2) is 10.6. The summed E-state index contributed by atoms with van der Waals surface area (Å²) < 4.78 is 0. The Balaban J connectivity index is 1.51. The van der Waals surface area contributed by atoms with E-state index in [9.17, 15) is 14.7 Å². The fraction of sp³-hybridized carbons (Fsp3) is 0.607. The largest absolute Gasteiger partial charge is 0.478 e. The molecule has 2 aliphatic rings. The zero-order chi connectivity index (χ0) is 26.9. The number of carbonyl (C=O) groups excluding carboxylic acids is 1. The molecule has 200 valence electrons. The zero-order valence-electron chi connectivity index (χ0n) is 23.0. The molecule has 0 spiro atoms. The minimum atomic E-state index is -0.965. The van der Waals surface area contributed by atoms with Gasteiger partial charge in [-0.2, -0.15) is 0 Å². The SMILES string of the molecule is Cc1cc(N2CCN(C(=O)c3cnc(NCCC(C)C)c(CC4CC4)n3)C(C)(C)C2)nc(C)c1C(=O)O. The quantitative estimate of drug-likeness (QED) is 0.515. The van der Waals surface area contributed by atoms with Crippen LogP contribution in [0.3, 0.4) is 0 Å². The van der Waals surface area contributed by atoms with Gasteiger partial charge < -0.3 is 20.2 Å². The molecule has 4 rings (SSSR count). The fourth-order valence-corrected chi connectivity index (χ4v) is 5.06. The minimum Gasteiger partial charge on any atom is -0.478 e. The van der Waals surface area contributed by atoms with Crippen LogP contribution in [0.15, 0.2) is 12.3 Å². The standard InChI is InChI=1S/C28H40N6O3/c1-17(2)9-10-29-25-21(14-20-7-8-20)32-22(15-30-25)26(35)34-12-11-33(16-28(34,5)6)23-13-18(3)24(27(36)37)19(4)31-23/h13,15,17,20H,7-12,14,16H2,1-6H3,(H,29,30)(H,36,37). The van der Waals surface area contributed by atoms with Crippen molar-refractivity contribution in [2.75, 3.05) is 36.4 Å². The van der Waals surface area contributed by atoms with Crippen LogP contribution in [0.5, 0.6) is 0 Å². The lowest BCUT2D eigenvalue weighted by molar-refractivity contribution is 0.0506. The van der Waals surface area contributed by atoms with E-state index in [0.29, 0.717) is 48.4 Å². The Morgan fingerprint density at radius 1 is 1.19 bits per heavy atom. The Bertz CT molecular complexity index is 1150. The Morgan fingerprint density at radius 3 is 2.51 bits per heavy atom. The number of pyridine rings is 1. The van der Waals surface area contributed by atoms with Crippen molar-refractivity contribution in [2.45, 2.75) is 72.8 Å². The second-order valence-electron chi connectivity index (χ2n) is 11.6. The van der Waals surface area contributed by atoms with Crippen LogP contribution in [-0.4, -0.2) is 68.6 Å². The van der Waals surface area contributed by atoms with E-state index in [4.69, 9.17) is 4.98 Å². The van der Waals surface area contributed by atoms with Gasteiger partial charge in [-0.15, -0.1) is 0 Å². The highest BCUT2D eigenvalue weighted by molar-refractivity contribution is 5.93. The number of nitrogens with one attached hydrogen (secondary N) is 1. The van der Waals surface area contributed by atoms with Gasteiger partial charge in [0.05, 0.1) is 28.7 Å². The lowest BCUT2D eigenvalue weighted by atomic mass is 9.97. The van der Waals surface area contributed by atoms with E-state index in [1.165, 1.54) is 12.8 Å².